The Morgan fingerprint density at radius 2 is 2.18 bits per heavy atom. The molecule has 0 aromatic carbocycles. The van der Waals surface area contributed by atoms with Gasteiger partial charge in [0.2, 0.25) is 5.78 Å². The number of carbonyl (C=O) groups is 2. The predicted molar refractivity (Wildman–Crippen MR) is 79.8 cm³/mol. The number of ether oxygens (including phenoxy) is 2. The van der Waals surface area contributed by atoms with Crippen LogP contribution in [0.5, 0.6) is 0 Å². The van der Waals surface area contributed by atoms with Gasteiger partial charge in [-0.2, -0.15) is 0 Å². The van der Waals surface area contributed by atoms with Crippen LogP contribution in [0.2, 0.25) is 0 Å². The first kappa shape index (κ1) is 16.5. The van der Waals surface area contributed by atoms with E-state index in [9.17, 15) is 9.59 Å². The Kier molecular flexibility index (Phi) is 5.24. The topological polar surface area (TPSA) is 69.0 Å². The van der Waals surface area contributed by atoms with Crippen LogP contribution in [0.3, 0.4) is 0 Å². The molecule has 2 rings (SSSR count). The minimum absolute atomic E-state index is 0.0424. The number of rotatable bonds is 5. The monoisotopic (exact) mass is 309 g/mol. The Balaban J connectivity index is 1.79. The van der Waals surface area contributed by atoms with Crippen LogP contribution in [0.1, 0.15) is 44.2 Å². The van der Waals surface area contributed by atoms with Crippen LogP contribution in [-0.2, 0) is 9.47 Å². The summed E-state index contributed by atoms with van der Waals surface area (Å²) in [5.41, 5.74) is -0.514. The standard InChI is InChI=1S/C16H23NO5/c1-16(2,3)22-15(19)17-8-4-6-12(17)10-20-11-13(18)14-7-5-9-21-14/h5,7,9,12H,4,6,8,10-11H2,1-3H3/t12-/m1/s1. The van der Waals surface area contributed by atoms with Gasteiger partial charge in [-0.05, 0) is 45.7 Å². The van der Waals surface area contributed by atoms with Crippen LogP contribution in [0, 0.1) is 0 Å². The fourth-order valence-electron chi connectivity index (χ4n) is 2.37. The summed E-state index contributed by atoms with van der Waals surface area (Å²) in [5.74, 6) is 0.0854. The molecule has 1 aliphatic heterocycles. The number of likely N-dealkylation sites (tertiary alicyclic amines) is 1. The van der Waals surface area contributed by atoms with Crippen molar-refractivity contribution in [3.63, 3.8) is 0 Å². The molecule has 1 aromatic heterocycles. The lowest BCUT2D eigenvalue weighted by atomic mass is 10.2. The van der Waals surface area contributed by atoms with Crippen molar-refractivity contribution in [2.45, 2.75) is 45.3 Å². The van der Waals surface area contributed by atoms with Crippen LogP contribution in [0.15, 0.2) is 22.8 Å². The third-order valence-corrected chi connectivity index (χ3v) is 3.34. The summed E-state index contributed by atoms with van der Waals surface area (Å²) in [4.78, 5) is 25.6. The number of carbonyl (C=O) groups excluding carboxylic acids is 2. The zero-order valence-corrected chi connectivity index (χ0v) is 13.3. The molecule has 0 saturated carbocycles. The van der Waals surface area contributed by atoms with Crippen molar-refractivity contribution >= 4 is 11.9 Å². The Hall–Kier alpha value is -1.82. The van der Waals surface area contributed by atoms with Gasteiger partial charge in [0, 0.05) is 6.54 Å². The minimum Gasteiger partial charge on any atom is -0.461 e. The average Bonchev–Trinajstić information content (AvgIpc) is 3.08. The molecule has 1 amide bonds. The van der Waals surface area contributed by atoms with Gasteiger partial charge in [-0.15, -0.1) is 0 Å². The summed E-state index contributed by atoms with van der Waals surface area (Å²) in [6.07, 6.45) is 2.90. The molecule has 6 heteroatoms. The lowest BCUT2D eigenvalue weighted by Crippen LogP contribution is -2.41. The van der Waals surface area contributed by atoms with Crippen molar-refractivity contribution in [2.24, 2.45) is 0 Å². The van der Waals surface area contributed by atoms with Gasteiger partial charge in [-0.1, -0.05) is 0 Å². The molecule has 0 spiro atoms. The van der Waals surface area contributed by atoms with E-state index >= 15 is 0 Å². The maximum Gasteiger partial charge on any atom is 0.410 e. The Bertz CT molecular complexity index is 503. The molecule has 0 unspecified atom stereocenters. The molecule has 1 fully saturated rings. The van der Waals surface area contributed by atoms with Crippen molar-refractivity contribution < 1.29 is 23.5 Å². The third kappa shape index (κ3) is 4.59. The normalized spacial score (nSPS) is 18.5. The molecule has 1 saturated heterocycles. The van der Waals surface area contributed by atoms with E-state index in [2.05, 4.69) is 0 Å². The Labute approximate surface area is 130 Å². The van der Waals surface area contributed by atoms with Crippen molar-refractivity contribution in [1.29, 1.82) is 0 Å². The fraction of sp³-hybridized carbons (Fsp3) is 0.625. The molecule has 122 valence electrons. The van der Waals surface area contributed by atoms with E-state index in [0.29, 0.717) is 13.2 Å². The number of Topliss-reactive ketones (excluding diaryl/α,β-unsaturated/α-hetero) is 1. The number of amides is 1. The van der Waals surface area contributed by atoms with Crippen molar-refractivity contribution in [3.05, 3.63) is 24.2 Å². The zero-order valence-electron chi connectivity index (χ0n) is 13.3. The van der Waals surface area contributed by atoms with Gasteiger partial charge in [-0.25, -0.2) is 4.79 Å². The second-order valence-electron chi connectivity index (χ2n) is 6.39. The predicted octanol–water partition coefficient (Wildman–Crippen LogP) is 2.88. The van der Waals surface area contributed by atoms with E-state index in [1.807, 2.05) is 20.8 Å². The summed E-state index contributed by atoms with van der Waals surface area (Å²) in [7, 11) is 0. The van der Waals surface area contributed by atoms with Crippen molar-refractivity contribution in [2.75, 3.05) is 19.8 Å². The molecule has 0 aliphatic carbocycles. The quantitative estimate of drug-likeness (QED) is 0.782. The molecule has 1 atom stereocenters. The molecular formula is C16H23NO5. The molecule has 2 heterocycles. The number of ketones is 1. The van der Waals surface area contributed by atoms with Crippen LogP contribution in [0.25, 0.3) is 0 Å². The van der Waals surface area contributed by atoms with Crippen LogP contribution in [0.4, 0.5) is 4.79 Å². The third-order valence-electron chi connectivity index (χ3n) is 3.34. The number of hydrogen-bond donors (Lipinski definition) is 0. The first-order valence-electron chi connectivity index (χ1n) is 7.51. The van der Waals surface area contributed by atoms with Gasteiger partial charge >= 0.3 is 6.09 Å². The number of nitrogens with zero attached hydrogens (tertiary/aromatic N) is 1. The molecule has 0 radical (unpaired) electrons. The number of furan rings is 1. The van der Waals surface area contributed by atoms with E-state index in [1.54, 1.807) is 17.0 Å². The highest BCUT2D eigenvalue weighted by Gasteiger charge is 2.32. The van der Waals surface area contributed by atoms with E-state index < -0.39 is 5.60 Å². The highest BCUT2D eigenvalue weighted by Crippen LogP contribution is 2.21. The molecule has 0 N–H and O–H groups in total. The van der Waals surface area contributed by atoms with Crippen LogP contribution >= 0.6 is 0 Å². The molecule has 0 bridgehead atoms. The lowest BCUT2D eigenvalue weighted by Gasteiger charge is -2.28. The number of hydrogen-bond acceptors (Lipinski definition) is 5. The van der Waals surface area contributed by atoms with Gasteiger partial charge in [0.1, 0.15) is 12.2 Å². The highest BCUT2D eigenvalue weighted by molar-refractivity contribution is 5.94. The first-order chi connectivity index (χ1) is 10.4. The summed E-state index contributed by atoms with van der Waals surface area (Å²) < 4.78 is 15.9. The second-order valence-corrected chi connectivity index (χ2v) is 6.39. The summed E-state index contributed by atoms with van der Waals surface area (Å²) in [6, 6.07) is 3.22. The van der Waals surface area contributed by atoms with Crippen molar-refractivity contribution in [3.8, 4) is 0 Å². The average molecular weight is 309 g/mol. The second kappa shape index (κ2) is 6.96. The maximum absolute atomic E-state index is 12.1. The molecule has 22 heavy (non-hydrogen) atoms. The fourth-order valence-corrected chi connectivity index (χ4v) is 2.37. The maximum atomic E-state index is 12.1. The molecular weight excluding hydrogens is 286 g/mol. The molecule has 6 nitrogen and oxygen atoms in total. The van der Waals surface area contributed by atoms with Gasteiger partial charge in [0.05, 0.1) is 18.9 Å². The van der Waals surface area contributed by atoms with Gasteiger partial charge < -0.3 is 18.8 Å². The van der Waals surface area contributed by atoms with Crippen molar-refractivity contribution in [1.82, 2.24) is 4.90 Å². The van der Waals surface area contributed by atoms with Gasteiger partial charge in [0.15, 0.2) is 5.76 Å². The summed E-state index contributed by atoms with van der Waals surface area (Å²) >= 11 is 0. The van der Waals surface area contributed by atoms with E-state index in [0.717, 1.165) is 12.8 Å². The van der Waals surface area contributed by atoms with Gasteiger partial charge in [-0.3, -0.25) is 4.79 Å². The van der Waals surface area contributed by atoms with Crippen LogP contribution in [-0.4, -0.2) is 48.2 Å². The summed E-state index contributed by atoms with van der Waals surface area (Å²) in [5, 5.41) is 0. The summed E-state index contributed by atoms with van der Waals surface area (Å²) in [6.45, 7) is 6.46. The van der Waals surface area contributed by atoms with E-state index in [4.69, 9.17) is 13.9 Å². The molecule has 1 aromatic rings. The zero-order chi connectivity index (χ0) is 16.2. The Morgan fingerprint density at radius 3 is 2.82 bits per heavy atom. The largest absolute Gasteiger partial charge is 0.461 e. The molecule has 1 aliphatic rings. The highest BCUT2D eigenvalue weighted by atomic mass is 16.6. The van der Waals surface area contributed by atoms with Gasteiger partial charge in [0.25, 0.3) is 0 Å². The lowest BCUT2D eigenvalue weighted by molar-refractivity contribution is 0.0114. The minimum atomic E-state index is -0.514. The van der Waals surface area contributed by atoms with E-state index in [-0.39, 0.29) is 30.3 Å². The SMILES string of the molecule is CC(C)(C)OC(=O)N1CCC[C@@H]1COCC(=O)c1ccco1. The Morgan fingerprint density at radius 1 is 1.41 bits per heavy atom. The smallest absolute Gasteiger partial charge is 0.410 e. The van der Waals surface area contributed by atoms with Crippen LogP contribution < -0.4 is 0 Å². The van der Waals surface area contributed by atoms with E-state index in [1.165, 1.54) is 6.26 Å². The first-order valence-corrected chi connectivity index (χ1v) is 7.51.